The van der Waals surface area contributed by atoms with E-state index in [0.717, 1.165) is 31.7 Å². The molecule has 1 aliphatic heterocycles. The molecule has 0 aromatic heterocycles. The maximum absolute atomic E-state index is 9.85. The van der Waals surface area contributed by atoms with Crippen LogP contribution in [0.5, 0.6) is 17.2 Å². The molecule has 6 heteroatoms. The molecular weight excluding hydrogens is 272 g/mol. The molecule has 0 radical (unpaired) electrons. The van der Waals surface area contributed by atoms with Gasteiger partial charge in [0.2, 0.25) is 0 Å². The van der Waals surface area contributed by atoms with E-state index in [4.69, 9.17) is 14.2 Å². The van der Waals surface area contributed by atoms with E-state index >= 15 is 0 Å². The number of aliphatic hydroxyl groups excluding tert-OH is 1. The van der Waals surface area contributed by atoms with Gasteiger partial charge < -0.3 is 24.6 Å². The molecule has 0 spiro atoms. The number of hydrogen-bond donors (Lipinski definition) is 2. The second-order valence-corrected chi connectivity index (χ2v) is 4.93. The van der Waals surface area contributed by atoms with E-state index in [1.54, 1.807) is 27.4 Å². The van der Waals surface area contributed by atoms with Gasteiger partial charge in [-0.3, -0.25) is 4.90 Å². The lowest BCUT2D eigenvalue weighted by atomic mass is 10.0. The lowest BCUT2D eigenvalue weighted by Gasteiger charge is -2.34. The first-order valence-corrected chi connectivity index (χ1v) is 7.10. The summed E-state index contributed by atoms with van der Waals surface area (Å²) in [5.41, 5.74) is 0.916. The number of nitrogens with one attached hydrogen (secondary N) is 1. The highest BCUT2D eigenvalue weighted by atomic mass is 16.5. The van der Waals surface area contributed by atoms with Crippen LogP contribution >= 0.6 is 0 Å². The molecule has 1 fully saturated rings. The van der Waals surface area contributed by atoms with Gasteiger partial charge in [-0.05, 0) is 6.07 Å². The minimum atomic E-state index is -0.109. The highest BCUT2D eigenvalue weighted by molar-refractivity contribution is 5.52. The van der Waals surface area contributed by atoms with Crippen molar-refractivity contribution in [2.75, 3.05) is 54.1 Å². The molecule has 1 atom stereocenters. The second kappa shape index (κ2) is 7.49. The number of ether oxygens (including phenoxy) is 3. The average Bonchev–Trinajstić information content (AvgIpc) is 2.56. The Morgan fingerprint density at radius 2 is 1.62 bits per heavy atom. The molecule has 2 rings (SSSR count). The van der Waals surface area contributed by atoms with Crippen LogP contribution < -0.4 is 19.5 Å². The van der Waals surface area contributed by atoms with Crippen LogP contribution in [-0.4, -0.2) is 64.1 Å². The van der Waals surface area contributed by atoms with Crippen molar-refractivity contribution in [2.24, 2.45) is 0 Å². The molecule has 0 saturated carbocycles. The van der Waals surface area contributed by atoms with E-state index < -0.39 is 0 Å². The molecule has 0 amide bonds. The van der Waals surface area contributed by atoms with Crippen molar-refractivity contribution in [2.45, 2.75) is 6.04 Å². The van der Waals surface area contributed by atoms with E-state index in [-0.39, 0.29) is 12.6 Å². The SMILES string of the molecule is COc1cc(OC)c([C@H](CO)N2CCNCC2)cc1OC. The summed E-state index contributed by atoms with van der Waals surface area (Å²) in [4.78, 5) is 2.25. The minimum absolute atomic E-state index is 0.0336. The molecule has 0 aliphatic carbocycles. The first kappa shape index (κ1) is 15.9. The van der Waals surface area contributed by atoms with Crippen molar-refractivity contribution in [3.8, 4) is 17.2 Å². The molecule has 118 valence electrons. The zero-order valence-corrected chi connectivity index (χ0v) is 12.9. The number of benzene rings is 1. The predicted molar refractivity (Wildman–Crippen MR) is 80.4 cm³/mol. The fourth-order valence-corrected chi connectivity index (χ4v) is 2.72. The quantitative estimate of drug-likeness (QED) is 0.804. The predicted octanol–water partition coefficient (Wildman–Crippen LogP) is 0.651. The Morgan fingerprint density at radius 3 is 2.14 bits per heavy atom. The first-order chi connectivity index (χ1) is 10.2. The second-order valence-electron chi connectivity index (χ2n) is 4.93. The Bertz CT molecular complexity index is 461. The van der Waals surface area contributed by atoms with Crippen molar-refractivity contribution in [3.63, 3.8) is 0 Å². The number of rotatable bonds is 6. The number of hydrogen-bond acceptors (Lipinski definition) is 6. The average molecular weight is 296 g/mol. The summed E-state index contributed by atoms with van der Waals surface area (Å²) in [5.74, 6) is 1.96. The standard InChI is InChI=1S/C15H24N2O4/c1-19-13-9-15(21-3)14(20-2)8-11(13)12(10-18)17-6-4-16-5-7-17/h8-9,12,16,18H,4-7,10H2,1-3H3/t12-/m0/s1. The number of piperazine rings is 1. The van der Waals surface area contributed by atoms with Gasteiger partial charge in [-0.2, -0.15) is 0 Å². The summed E-state index contributed by atoms with van der Waals surface area (Å²) in [6, 6.07) is 3.58. The van der Waals surface area contributed by atoms with Crippen LogP contribution in [0.25, 0.3) is 0 Å². The number of nitrogens with zero attached hydrogens (tertiary/aromatic N) is 1. The molecule has 0 bridgehead atoms. The van der Waals surface area contributed by atoms with Crippen molar-refractivity contribution >= 4 is 0 Å². The number of methoxy groups -OCH3 is 3. The Hall–Kier alpha value is -1.50. The molecule has 1 aromatic carbocycles. The lowest BCUT2D eigenvalue weighted by Crippen LogP contribution is -2.46. The van der Waals surface area contributed by atoms with Crippen LogP contribution in [0, 0.1) is 0 Å². The molecule has 21 heavy (non-hydrogen) atoms. The number of aliphatic hydroxyl groups is 1. The molecule has 1 saturated heterocycles. The summed E-state index contributed by atoms with van der Waals surface area (Å²) in [7, 11) is 4.82. The van der Waals surface area contributed by atoms with Crippen LogP contribution in [0.2, 0.25) is 0 Å². The monoisotopic (exact) mass is 296 g/mol. The van der Waals surface area contributed by atoms with E-state index in [1.165, 1.54) is 0 Å². The maximum Gasteiger partial charge on any atom is 0.164 e. The zero-order chi connectivity index (χ0) is 15.2. The van der Waals surface area contributed by atoms with Crippen LogP contribution in [0.3, 0.4) is 0 Å². The van der Waals surface area contributed by atoms with Gasteiger partial charge in [-0.25, -0.2) is 0 Å². The fraction of sp³-hybridized carbons (Fsp3) is 0.600. The van der Waals surface area contributed by atoms with E-state index in [0.29, 0.717) is 17.2 Å². The molecule has 1 aliphatic rings. The molecule has 1 aromatic rings. The van der Waals surface area contributed by atoms with Gasteiger partial charge in [0.05, 0.1) is 34.0 Å². The topological polar surface area (TPSA) is 63.2 Å². The van der Waals surface area contributed by atoms with Crippen LogP contribution in [-0.2, 0) is 0 Å². The van der Waals surface area contributed by atoms with E-state index in [2.05, 4.69) is 10.2 Å². The van der Waals surface area contributed by atoms with Crippen molar-refractivity contribution in [1.29, 1.82) is 0 Å². The zero-order valence-electron chi connectivity index (χ0n) is 12.9. The largest absolute Gasteiger partial charge is 0.496 e. The molecule has 6 nitrogen and oxygen atoms in total. The maximum atomic E-state index is 9.85. The summed E-state index contributed by atoms with van der Waals surface area (Å²) in [6.07, 6.45) is 0. The fourth-order valence-electron chi connectivity index (χ4n) is 2.72. The van der Waals surface area contributed by atoms with Gasteiger partial charge in [0.25, 0.3) is 0 Å². The Morgan fingerprint density at radius 1 is 1.05 bits per heavy atom. The highest BCUT2D eigenvalue weighted by Crippen LogP contribution is 2.39. The Labute approximate surface area is 125 Å². The normalized spacial score (nSPS) is 17.3. The van der Waals surface area contributed by atoms with Crippen LogP contribution in [0.4, 0.5) is 0 Å². The van der Waals surface area contributed by atoms with E-state index in [9.17, 15) is 5.11 Å². The van der Waals surface area contributed by atoms with Crippen LogP contribution in [0.15, 0.2) is 12.1 Å². The third kappa shape index (κ3) is 3.40. The molecular formula is C15H24N2O4. The smallest absolute Gasteiger partial charge is 0.164 e. The summed E-state index contributed by atoms with van der Waals surface area (Å²) >= 11 is 0. The van der Waals surface area contributed by atoms with Crippen molar-refractivity contribution in [1.82, 2.24) is 10.2 Å². The third-order valence-electron chi connectivity index (χ3n) is 3.86. The first-order valence-electron chi connectivity index (χ1n) is 7.10. The van der Waals surface area contributed by atoms with Crippen molar-refractivity contribution < 1.29 is 19.3 Å². The summed E-state index contributed by atoms with van der Waals surface area (Å²) < 4.78 is 16.1. The summed E-state index contributed by atoms with van der Waals surface area (Å²) in [5, 5.41) is 13.2. The third-order valence-corrected chi connectivity index (χ3v) is 3.86. The van der Waals surface area contributed by atoms with Crippen LogP contribution in [0.1, 0.15) is 11.6 Å². The lowest BCUT2D eigenvalue weighted by molar-refractivity contribution is 0.108. The highest BCUT2D eigenvalue weighted by Gasteiger charge is 2.26. The van der Waals surface area contributed by atoms with Crippen molar-refractivity contribution in [3.05, 3.63) is 17.7 Å². The molecule has 0 unspecified atom stereocenters. The molecule has 2 N–H and O–H groups in total. The van der Waals surface area contributed by atoms with Gasteiger partial charge >= 0.3 is 0 Å². The Kier molecular flexibility index (Phi) is 5.67. The van der Waals surface area contributed by atoms with Gasteiger partial charge in [0.15, 0.2) is 11.5 Å². The summed E-state index contributed by atoms with van der Waals surface area (Å²) in [6.45, 7) is 3.66. The van der Waals surface area contributed by atoms with Gasteiger partial charge in [-0.15, -0.1) is 0 Å². The van der Waals surface area contributed by atoms with E-state index in [1.807, 2.05) is 6.07 Å². The molecule has 1 heterocycles. The van der Waals surface area contributed by atoms with Gasteiger partial charge in [0, 0.05) is 37.8 Å². The van der Waals surface area contributed by atoms with Gasteiger partial charge in [0.1, 0.15) is 5.75 Å². The minimum Gasteiger partial charge on any atom is -0.496 e. The van der Waals surface area contributed by atoms with Gasteiger partial charge in [-0.1, -0.05) is 0 Å². The Balaban J connectivity index is 2.38.